The summed E-state index contributed by atoms with van der Waals surface area (Å²) in [6.07, 6.45) is 0.976. The Hall–Kier alpha value is -1.28. The van der Waals surface area contributed by atoms with Crippen molar-refractivity contribution in [3.05, 3.63) is 35.0 Å². The molecule has 102 valence electrons. The van der Waals surface area contributed by atoms with Gasteiger partial charge in [0.1, 0.15) is 16.4 Å². The standard InChI is InChI=1S/C16H20ClNO/c1-5-9-19-13-8-6-7-11-10-12(16(2,3)4)15(17)18-14(11)13/h6-8,10H,5,9H2,1-4H3. The Morgan fingerprint density at radius 2 is 2.00 bits per heavy atom. The molecule has 0 radical (unpaired) electrons. The Kier molecular flexibility index (Phi) is 4.00. The van der Waals surface area contributed by atoms with Gasteiger partial charge in [0.15, 0.2) is 0 Å². The van der Waals surface area contributed by atoms with Gasteiger partial charge >= 0.3 is 0 Å². The van der Waals surface area contributed by atoms with E-state index in [0.29, 0.717) is 11.8 Å². The molecule has 1 aromatic heterocycles. The van der Waals surface area contributed by atoms with E-state index in [4.69, 9.17) is 16.3 Å². The van der Waals surface area contributed by atoms with Crippen LogP contribution in [-0.2, 0) is 5.41 Å². The summed E-state index contributed by atoms with van der Waals surface area (Å²) in [5.74, 6) is 0.807. The summed E-state index contributed by atoms with van der Waals surface area (Å²) in [7, 11) is 0. The highest BCUT2D eigenvalue weighted by Crippen LogP contribution is 2.33. The smallest absolute Gasteiger partial charge is 0.145 e. The molecule has 0 N–H and O–H groups in total. The third-order valence-corrected chi connectivity index (χ3v) is 3.32. The molecule has 0 fully saturated rings. The Labute approximate surface area is 119 Å². The van der Waals surface area contributed by atoms with E-state index < -0.39 is 0 Å². The Morgan fingerprint density at radius 1 is 1.26 bits per heavy atom. The predicted octanol–water partition coefficient (Wildman–Crippen LogP) is 4.97. The minimum absolute atomic E-state index is 0.0153. The molecule has 0 unspecified atom stereocenters. The van der Waals surface area contributed by atoms with Gasteiger partial charge in [0, 0.05) is 5.39 Å². The number of fused-ring (bicyclic) bond motifs is 1. The number of hydrogen-bond donors (Lipinski definition) is 0. The number of aromatic nitrogens is 1. The summed E-state index contributed by atoms with van der Waals surface area (Å²) in [6, 6.07) is 8.10. The van der Waals surface area contributed by atoms with E-state index in [1.165, 1.54) is 0 Å². The Morgan fingerprint density at radius 3 is 2.63 bits per heavy atom. The van der Waals surface area contributed by atoms with Crippen LogP contribution in [0.4, 0.5) is 0 Å². The summed E-state index contributed by atoms with van der Waals surface area (Å²) < 4.78 is 5.73. The number of pyridine rings is 1. The average Bonchev–Trinajstić information content (AvgIpc) is 2.34. The van der Waals surface area contributed by atoms with Gasteiger partial charge in [0.25, 0.3) is 0 Å². The van der Waals surface area contributed by atoms with Crippen molar-refractivity contribution >= 4 is 22.5 Å². The molecule has 0 bridgehead atoms. The van der Waals surface area contributed by atoms with E-state index in [-0.39, 0.29) is 5.41 Å². The van der Waals surface area contributed by atoms with Gasteiger partial charge < -0.3 is 4.74 Å². The van der Waals surface area contributed by atoms with E-state index >= 15 is 0 Å². The molecule has 0 aliphatic heterocycles. The van der Waals surface area contributed by atoms with Crippen LogP contribution in [-0.4, -0.2) is 11.6 Å². The summed E-state index contributed by atoms with van der Waals surface area (Å²) in [5.41, 5.74) is 1.89. The monoisotopic (exact) mass is 277 g/mol. The topological polar surface area (TPSA) is 22.1 Å². The molecule has 2 rings (SSSR count). The van der Waals surface area contributed by atoms with Crippen molar-refractivity contribution in [3.8, 4) is 5.75 Å². The fraction of sp³-hybridized carbons (Fsp3) is 0.438. The van der Waals surface area contributed by atoms with Crippen LogP contribution >= 0.6 is 11.6 Å². The van der Waals surface area contributed by atoms with E-state index in [1.807, 2.05) is 18.2 Å². The zero-order chi connectivity index (χ0) is 14.0. The van der Waals surface area contributed by atoms with E-state index in [0.717, 1.165) is 28.6 Å². The fourth-order valence-corrected chi connectivity index (χ4v) is 2.43. The average molecular weight is 278 g/mol. The maximum atomic E-state index is 6.33. The lowest BCUT2D eigenvalue weighted by Gasteiger charge is -2.21. The number of para-hydroxylation sites is 1. The van der Waals surface area contributed by atoms with Gasteiger partial charge in [-0.1, -0.05) is 51.4 Å². The number of ether oxygens (including phenoxy) is 1. The number of hydrogen-bond acceptors (Lipinski definition) is 2. The number of halogens is 1. The highest BCUT2D eigenvalue weighted by molar-refractivity contribution is 6.30. The van der Waals surface area contributed by atoms with Gasteiger partial charge in [-0.2, -0.15) is 0 Å². The number of benzene rings is 1. The largest absolute Gasteiger partial charge is 0.491 e. The summed E-state index contributed by atoms with van der Waals surface area (Å²) in [5, 5.41) is 1.63. The first kappa shape index (κ1) is 14.1. The summed E-state index contributed by atoms with van der Waals surface area (Å²) >= 11 is 6.33. The normalized spacial score (nSPS) is 11.8. The zero-order valence-corrected chi connectivity index (χ0v) is 12.7. The van der Waals surface area contributed by atoms with Crippen LogP contribution in [0.3, 0.4) is 0 Å². The molecular weight excluding hydrogens is 258 g/mol. The van der Waals surface area contributed by atoms with E-state index in [9.17, 15) is 0 Å². The van der Waals surface area contributed by atoms with Crippen LogP contribution in [0.15, 0.2) is 24.3 Å². The van der Waals surface area contributed by atoms with Crippen molar-refractivity contribution in [3.63, 3.8) is 0 Å². The van der Waals surface area contributed by atoms with Gasteiger partial charge in [-0.05, 0) is 29.5 Å². The predicted molar refractivity (Wildman–Crippen MR) is 81.2 cm³/mol. The number of rotatable bonds is 3. The van der Waals surface area contributed by atoms with Gasteiger partial charge in [0.2, 0.25) is 0 Å². The molecule has 0 atom stereocenters. The molecule has 2 aromatic rings. The third kappa shape index (κ3) is 3.01. The van der Waals surface area contributed by atoms with Crippen LogP contribution in [0, 0.1) is 0 Å². The molecule has 0 amide bonds. The van der Waals surface area contributed by atoms with Gasteiger partial charge in [-0.15, -0.1) is 0 Å². The van der Waals surface area contributed by atoms with Crippen LogP contribution in [0.25, 0.3) is 10.9 Å². The second-order valence-electron chi connectivity index (χ2n) is 5.75. The van der Waals surface area contributed by atoms with Crippen molar-refractivity contribution in [2.75, 3.05) is 6.61 Å². The van der Waals surface area contributed by atoms with Crippen LogP contribution in [0.5, 0.6) is 5.75 Å². The molecule has 0 saturated carbocycles. The molecule has 0 aliphatic carbocycles. The van der Waals surface area contributed by atoms with Gasteiger partial charge in [-0.3, -0.25) is 0 Å². The third-order valence-electron chi connectivity index (χ3n) is 3.03. The lowest BCUT2D eigenvalue weighted by atomic mass is 9.87. The lowest BCUT2D eigenvalue weighted by Crippen LogP contribution is -2.12. The maximum absolute atomic E-state index is 6.33. The zero-order valence-electron chi connectivity index (χ0n) is 12.0. The van der Waals surface area contributed by atoms with E-state index in [2.05, 4.69) is 38.7 Å². The summed E-state index contributed by atoms with van der Waals surface area (Å²) in [4.78, 5) is 4.54. The molecule has 0 saturated heterocycles. The lowest BCUT2D eigenvalue weighted by molar-refractivity contribution is 0.320. The second-order valence-corrected chi connectivity index (χ2v) is 6.11. The minimum atomic E-state index is -0.0153. The van der Waals surface area contributed by atoms with Crippen LogP contribution in [0.2, 0.25) is 5.15 Å². The first-order chi connectivity index (χ1) is 8.93. The first-order valence-electron chi connectivity index (χ1n) is 6.66. The van der Waals surface area contributed by atoms with Crippen molar-refractivity contribution in [1.82, 2.24) is 4.98 Å². The molecule has 2 nitrogen and oxygen atoms in total. The van der Waals surface area contributed by atoms with Gasteiger partial charge in [-0.25, -0.2) is 4.98 Å². The molecule has 1 aromatic carbocycles. The molecular formula is C16H20ClNO. The quantitative estimate of drug-likeness (QED) is 0.739. The Bertz CT molecular complexity index is 587. The second kappa shape index (κ2) is 5.38. The number of nitrogens with zero attached hydrogens (tertiary/aromatic N) is 1. The molecule has 19 heavy (non-hydrogen) atoms. The van der Waals surface area contributed by atoms with Crippen molar-refractivity contribution in [2.45, 2.75) is 39.5 Å². The minimum Gasteiger partial charge on any atom is -0.491 e. The maximum Gasteiger partial charge on any atom is 0.145 e. The highest BCUT2D eigenvalue weighted by Gasteiger charge is 2.19. The molecule has 0 aliphatic rings. The van der Waals surface area contributed by atoms with E-state index in [1.54, 1.807) is 0 Å². The van der Waals surface area contributed by atoms with Gasteiger partial charge in [0.05, 0.1) is 6.61 Å². The SMILES string of the molecule is CCCOc1cccc2cc(C(C)(C)C)c(Cl)nc12. The van der Waals surface area contributed by atoms with Crippen molar-refractivity contribution in [2.24, 2.45) is 0 Å². The molecule has 1 heterocycles. The Balaban J connectivity index is 2.57. The summed E-state index contributed by atoms with van der Waals surface area (Å²) in [6.45, 7) is 9.19. The van der Waals surface area contributed by atoms with Crippen LogP contribution in [0.1, 0.15) is 39.7 Å². The highest BCUT2D eigenvalue weighted by atomic mass is 35.5. The van der Waals surface area contributed by atoms with Crippen LogP contribution < -0.4 is 4.74 Å². The van der Waals surface area contributed by atoms with Crippen molar-refractivity contribution < 1.29 is 4.74 Å². The first-order valence-corrected chi connectivity index (χ1v) is 7.04. The molecule has 3 heteroatoms. The van der Waals surface area contributed by atoms with Crippen molar-refractivity contribution in [1.29, 1.82) is 0 Å². The fourth-order valence-electron chi connectivity index (χ4n) is 2.00. The molecule has 0 spiro atoms.